The monoisotopic (exact) mass is 400 g/mol. The highest BCUT2D eigenvalue weighted by molar-refractivity contribution is 7.89. The van der Waals surface area contributed by atoms with Gasteiger partial charge in [0.05, 0.1) is 24.9 Å². The molecular formula is C16H26N5O5S. The summed E-state index contributed by atoms with van der Waals surface area (Å²) in [5.74, 6) is -1.38. The maximum atomic E-state index is 12.7. The minimum Gasteiger partial charge on any atom is -0.390 e. The normalized spacial score (nSPS) is 22.8. The summed E-state index contributed by atoms with van der Waals surface area (Å²) in [6.07, 6.45) is 4.16. The van der Waals surface area contributed by atoms with Gasteiger partial charge in [-0.1, -0.05) is 6.92 Å². The Morgan fingerprint density at radius 1 is 1.52 bits per heavy atom. The van der Waals surface area contributed by atoms with Crippen molar-refractivity contribution in [2.24, 2.45) is 18.7 Å². The molecule has 1 aromatic rings. The Kier molecular flexibility index (Phi) is 6.95. The molecule has 1 saturated heterocycles. The fourth-order valence-corrected chi connectivity index (χ4v) is 4.25. The van der Waals surface area contributed by atoms with Crippen molar-refractivity contribution in [3.05, 3.63) is 18.9 Å². The number of carbonyl (C=O) groups excluding carboxylic acids is 2. The molecule has 3 atom stereocenters. The zero-order valence-corrected chi connectivity index (χ0v) is 16.2. The van der Waals surface area contributed by atoms with E-state index in [9.17, 15) is 23.1 Å². The third kappa shape index (κ3) is 5.50. The lowest BCUT2D eigenvalue weighted by Crippen LogP contribution is -2.47. The number of primary amides is 1. The second-order valence-electron chi connectivity index (χ2n) is 6.81. The minimum atomic E-state index is -3.81. The second-order valence-corrected chi connectivity index (χ2v) is 8.69. The number of aliphatic hydroxyl groups is 1. The number of aliphatic hydroxyl groups excluding tert-OH is 1. The number of aromatic nitrogens is 2. The first kappa shape index (κ1) is 21.3. The first-order valence-electron chi connectivity index (χ1n) is 8.70. The number of hydrogen-bond acceptors (Lipinski definition) is 6. The van der Waals surface area contributed by atoms with Gasteiger partial charge in [0, 0.05) is 32.3 Å². The van der Waals surface area contributed by atoms with Crippen molar-refractivity contribution >= 4 is 21.8 Å². The average molecular weight is 400 g/mol. The van der Waals surface area contributed by atoms with Crippen LogP contribution in [-0.4, -0.2) is 64.4 Å². The Balaban J connectivity index is 1.96. The Morgan fingerprint density at radius 3 is 2.81 bits per heavy atom. The molecule has 1 aliphatic rings. The molecule has 2 rings (SSSR count). The number of nitrogens with one attached hydrogen (secondary N) is 1. The molecule has 11 heteroatoms. The zero-order chi connectivity index (χ0) is 20.2. The number of rotatable bonds is 7. The molecule has 2 amide bonds. The van der Waals surface area contributed by atoms with E-state index in [4.69, 9.17) is 5.73 Å². The molecule has 0 aliphatic carbocycles. The second kappa shape index (κ2) is 8.81. The van der Waals surface area contributed by atoms with Crippen LogP contribution in [0.3, 0.4) is 0 Å². The van der Waals surface area contributed by atoms with Crippen LogP contribution in [0.15, 0.2) is 17.6 Å². The maximum absolute atomic E-state index is 12.7. The van der Waals surface area contributed by atoms with Gasteiger partial charge in [0.15, 0.2) is 5.03 Å². The van der Waals surface area contributed by atoms with E-state index in [0.717, 1.165) is 0 Å². The molecule has 27 heavy (non-hydrogen) atoms. The molecule has 0 bridgehead atoms. The largest absolute Gasteiger partial charge is 0.390 e. The van der Waals surface area contributed by atoms with Gasteiger partial charge in [0.1, 0.15) is 0 Å². The first-order valence-corrected chi connectivity index (χ1v) is 10.1. The smallest absolute Gasteiger partial charge is 0.262 e. The average Bonchev–Trinajstić information content (AvgIpc) is 2.95. The van der Waals surface area contributed by atoms with Crippen LogP contribution < -0.4 is 11.1 Å². The fraction of sp³-hybridized carbons (Fsp3) is 0.625. The van der Waals surface area contributed by atoms with Gasteiger partial charge in [0.2, 0.25) is 11.8 Å². The Hall–Kier alpha value is -1.98. The van der Waals surface area contributed by atoms with Crippen LogP contribution in [-0.2, 0) is 26.7 Å². The van der Waals surface area contributed by atoms with Crippen LogP contribution in [0.5, 0.6) is 0 Å². The highest BCUT2D eigenvalue weighted by atomic mass is 32.2. The van der Waals surface area contributed by atoms with Crippen LogP contribution in [0.2, 0.25) is 0 Å². The maximum Gasteiger partial charge on any atom is 0.262 e. The van der Waals surface area contributed by atoms with Crippen molar-refractivity contribution in [3.8, 4) is 0 Å². The van der Waals surface area contributed by atoms with E-state index in [-0.39, 0.29) is 24.5 Å². The topological polar surface area (TPSA) is 148 Å². The number of hydrogen-bond donors (Lipinski definition) is 3. The van der Waals surface area contributed by atoms with E-state index in [1.807, 2.05) is 0 Å². The summed E-state index contributed by atoms with van der Waals surface area (Å²) in [4.78, 5) is 26.9. The van der Waals surface area contributed by atoms with Gasteiger partial charge in [0.25, 0.3) is 10.0 Å². The highest BCUT2D eigenvalue weighted by Gasteiger charge is 2.34. The van der Waals surface area contributed by atoms with Crippen LogP contribution in [0, 0.1) is 12.3 Å². The highest BCUT2D eigenvalue weighted by Crippen LogP contribution is 2.20. The fourth-order valence-electron chi connectivity index (χ4n) is 2.79. The summed E-state index contributed by atoms with van der Waals surface area (Å²) < 4.78 is 28.1. The quantitative estimate of drug-likeness (QED) is 0.522. The number of aryl methyl sites for hydroxylation is 1. The Bertz CT molecular complexity index is 778. The van der Waals surface area contributed by atoms with Crippen LogP contribution in [0.4, 0.5) is 0 Å². The third-order valence-corrected chi connectivity index (χ3v) is 6.28. The van der Waals surface area contributed by atoms with E-state index in [1.54, 1.807) is 14.0 Å². The van der Waals surface area contributed by atoms with E-state index < -0.39 is 39.9 Å². The summed E-state index contributed by atoms with van der Waals surface area (Å²) in [5.41, 5.74) is 5.16. The molecular weight excluding hydrogens is 374 g/mol. The van der Waals surface area contributed by atoms with Crippen molar-refractivity contribution in [1.29, 1.82) is 0 Å². The molecule has 1 aliphatic heterocycles. The Morgan fingerprint density at radius 2 is 2.22 bits per heavy atom. The van der Waals surface area contributed by atoms with Gasteiger partial charge in [-0.15, -0.1) is 0 Å². The van der Waals surface area contributed by atoms with Gasteiger partial charge < -0.3 is 20.7 Å². The summed E-state index contributed by atoms with van der Waals surface area (Å²) in [6, 6.07) is -0.582. The number of imidazole rings is 1. The number of amides is 2. The van der Waals surface area contributed by atoms with Crippen LogP contribution >= 0.6 is 0 Å². The van der Waals surface area contributed by atoms with E-state index in [2.05, 4.69) is 10.3 Å². The Labute approximate surface area is 158 Å². The number of carbonyl (C=O) groups is 2. The van der Waals surface area contributed by atoms with E-state index >= 15 is 0 Å². The molecule has 0 saturated carbocycles. The van der Waals surface area contributed by atoms with Crippen LogP contribution in [0.1, 0.15) is 26.2 Å². The van der Waals surface area contributed by atoms with Crippen LogP contribution in [0.25, 0.3) is 0 Å². The van der Waals surface area contributed by atoms with E-state index in [1.165, 1.54) is 27.8 Å². The SMILES string of the molecule is CC(C[CH]C(=O)NC1CCCN(S(=O)(=O)c2cn(C)cn2)C[C@@H]1O)C(N)=O. The summed E-state index contributed by atoms with van der Waals surface area (Å²) >= 11 is 0. The molecule has 0 aromatic carbocycles. The van der Waals surface area contributed by atoms with E-state index in [0.29, 0.717) is 12.8 Å². The third-order valence-electron chi connectivity index (χ3n) is 4.53. The van der Waals surface area contributed by atoms with Gasteiger partial charge in [-0.25, -0.2) is 13.4 Å². The lowest BCUT2D eigenvalue weighted by Gasteiger charge is -2.24. The lowest BCUT2D eigenvalue weighted by molar-refractivity contribution is -0.121. The zero-order valence-electron chi connectivity index (χ0n) is 15.4. The van der Waals surface area contributed by atoms with Gasteiger partial charge in [-0.05, 0) is 19.3 Å². The van der Waals surface area contributed by atoms with Crippen molar-refractivity contribution in [3.63, 3.8) is 0 Å². The lowest BCUT2D eigenvalue weighted by atomic mass is 10.0. The molecule has 151 valence electrons. The number of β-amino-alcohol motifs (C(OH)–C–C–N with tert-alkyl or cyclic N) is 1. The van der Waals surface area contributed by atoms with Gasteiger partial charge >= 0.3 is 0 Å². The molecule has 2 heterocycles. The molecule has 0 spiro atoms. The van der Waals surface area contributed by atoms with Crippen molar-refractivity contribution in [1.82, 2.24) is 19.2 Å². The molecule has 1 radical (unpaired) electrons. The summed E-state index contributed by atoms with van der Waals surface area (Å²) in [5, 5.41) is 13.0. The van der Waals surface area contributed by atoms with Gasteiger partial charge in [-0.2, -0.15) is 4.31 Å². The summed E-state index contributed by atoms with van der Waals surface area (Å²) in [7, 11) is -2.14. The predicted octanol–water partition coefficient (Wildman–Crippen LogP) is -1.23. The minimum absolute atomic E-state index is 0.0755. The molecule has 4 N–H and O–H groups in total. The van der Waals surface area contributed by atoms with Crippen molar-refractivity contribution in [2.45, 2.75) is 43.4 Å². The number of sulfonamides is 1. The molecule has 10 nitrogen and oxygen atoms in total. The summed E-state index contributed by atoms with van der Waals surface area (Å²) in [6.45, 7) is 1.71. The van der Waals surface area contributed by atoms with Gasteiger partial charge in [-0.3, -0.25) is 9.59 Å². The molecule has 1 aromatic heterocycles. The standard InChI is InChI=1S/C16H26N5O5S/c1-11(16(17)24)5-6-14(23)19-12-4-3-7-21(8-13(12)22)27(25,26)15-9-20(2)10-18-15/h6,9-13,22H,3-5,7-8H2,1-2H3,(H2,17,24)(H,19,23)/t11?,12?,13-/m0/s1. The molecule has 2 unspecified atom stereocenters. The molecule has 1 fully saturated rings. The predicted molar refractivity (Wildman–Crippen MR) is 96.4 cm³/mol. The first-order chi connectivity index (χ1) is 12.6. The number of nitrogens with zero attached hydrogens (tertiary/aromatic N) is 3. The van der Waals surface area contributed by atoms with Crippen molar-refractivity contribution in [2.75, 3.05) is 13.1 Å². The number of nitrogens with two attached hydrogens (primary N) is 1. The van der Waals surface area contributed by atoms with Crippen molar-refractivity contribution < 1.29 is 23.1 Å².